The minimum atomic E-state index is -0.487. The average molecular weight is 266 g/mol. The van der Waals surface area contributed by atoms with Gasteiger partial charge in [-0.2, -0.15) is 0 Å². The highest BCUT2D eigenvalue weighted by molar-refractivity contribution is 5.94. The van der Waals surface area contributed by atoms with Crippen LogP contribution in [-0.2, 0) is 19.1 Å². The Morgan fingerprint density at radius 1 is 1.11 bits per heavy atom. The molecule has 106 valence electrons. The molecule has 0 amide bonds. The summed E-state index contributed by atoms with van der Waals surface area (Å²) in [6.07, 6.45) is 11.8. The van der Waals surface area contributed by atoms with E-state index in [9.17, 15) is 9.59 Å². The van der Waals surface area contributed by atoms with E-state index in [1.807, 2.05) is 6.08 Å². The normalized spacial score (nSPS) is 17.5. The van der Waals surface area contributed by atoms with Crippen LogP contribution in [0.3, 0.4) is 0 Å². The number of methoxy groups -OCH3 is 2. The summed E-state index contributed by atoms with van der Waals surface area (Å²) in [5.74, 6) is -0.344. The number of hydrogen-bond acceptors (Lipinski definition) is 4. The van der Waals surface area contributed by atoms with E-state index in [1.165, 1.54) is 46.3 Å². The monoisotopic (exact) mass is 266 g/mol. The Bertz CT molecular complexity index is 362. The molecule has 0 aliphatic heterocycles. The molecule has 1 fully saturated rings. The summed E-state index contributed by atoms with van der Waals surface area (Å²) in [6.45, 7) is 0. The SMILES string of the molecule is COC(=O)C/C(=C\C=C\C1CCCCC1)C(=O)OC. The first kappa shape index (κ1) is 15.5. The zero-order valence-corrected chi connectivity index (χ0v) is 11.7. The number of allylic oxidation sites excluding steroid dienone is 3. The van der Waals surface area contributed by atoms with Gasteiger partial charge in [-0.3, -0.25) is 4.79 Å². The van der Waals surface area contributed by atoms with Crippen molar-refractivity contribution in [1.82, 2.24) is 0 Å². The lowest BCUT2D eigenvalue weighted by Crippen LogP contribution is -2.11. The maximum absolute atomic E-state index is 11.5. The molecular weight excluding hydrogens is 244 g/mol. The number of hydrogen-bond donors (Lipinski definition) is 0. The van der Waals surface area contributed by atoms with Crippen LogP contribution < -0.4 is 0 Å². The molecule has 0 aromatic heterocycles. The molecule has 0 aromatic rings. The van der Waals surface area contributed by atoms with Crippen molar-refractivity contribution >= 4 is 11.9 Å². The minimum Gasteiger partial charge on any atom is -0.469 e. The van der Waals surface area contributed by atoms with Crippen molar-refractivity contribution in [2.75, 3.05) is 14.2 Å². The van der Waals surface area contributed by atoms with Crippen LogP contribution in [0, 0.1) is 5.92 Å². The molecule has 0 atom stereocenters. The summed E-state index contributed by atoms with van der Waals surface area (Å²) in [5.41, 5.74) is 0.321. The molecule has 0 saturated heterocycles. The van der Waals surface area contributed by atoms with Gasteiger partial charge in [-0.05, 0) is 18.8 Å². The van der Waals surface area contributed by atoms with Crippen molar-refractivity contribution in [2.45, 2.75) is 38.5 Å². The summed E-state index contributed by atoms with van der Waals surface area (Å²) in [5, 5.41) is 0. The molecule has 4 nitrogen and oxygen atoms in total. The number of carbonyl (C=O) groups is 2. The quantitative estimate of drug-likeness (QED) is 0.436. The van der Waals surface area contributed by atoms with Crippen LogP contribution >= 0.6 is 0 Å². The van der Waals surface area contributed by atoms with Gasteiger partial charge in [0.2, 0.25) is 0 Å². The molecule has 19 heavy (non-hydrogen) atoms. The van der Waals surface area contributed by atoms with E-state index in [0.717, 1.165) is 0 Å². The lowest BCUT2D eigenvalue weighted by molar-refractivity contribution is -0.143. The van der Waals surface area contributed by atoms with Gasteiger partial charge in [0.25, 0.3) is 0 Å². The number of esters is 2. The van der Waals surface area contributed by atoms with Crippen molar-refractivity contribution in [3.63, 3.8) is 0 Å². The largest absolute Gasteiger partial charge is 0.469 e. The van der Waals surface area contributed by atoms with Crippen LogP contribution in [0.15, 0.2) is 23.8 Å². The lowest BCUT2D eigenvalue weighted by Gasteiger charge is -2.17. The van der Waals surface area contributed by atoms with Crippen molar-refractivity contribution < 1.29 is 19.1 Å². The van der Waals surface area contributed by atoms with Gasteiger partial charge in [-0.25, -0.2) is 4.79 Å². The summed E-state index contributed by atoms with van der Waals surface area (Å²) >= 11 is 0. The molecule has 0 aromatic carbocycles. The fourth-order valence-electron chi connectivity index (χ4n) is 2.21. The fourth-order valence-corrected chi connectivity index (χ4v) is 2.21. The molecular formula is C15H22O4. The van der Waals surface area contributed by atoms with Crippen molar-refractivity contribution in [1.29, 1.82) is 0 Å². The van der Waals surface area contributed by atoms with Crippen molar-refractivity contribution in [2.24, 2.45) is 5.92 Å². The third-order valence-electron chi connectivity index (χ3n) is 3.34. The maximum atomic E-state index is 11.5. The number of carbonyl (C=O) groups excluding carboxylic acids is 2. The predicted octanol–water partition coefficient (Wildman–Crippen LogP) is 2.79. The van der Waals surface area contributed by atoms with Crippen LogP contribution in [0.5, 0.6) is 0 Å². The zero-order valence-electron chi connectivity index (χ0n) is 11.7. The predicted molar refractivity (Wildman–Crippen MR) is 72.4 cm³/mol. The molecule has 1 rings (SSSR count). The summed E-state index contributed by atoms with van der Waals surface area (Å²) in [4.78, 5) is 22.7. The van der Waals surface area contributed by atoms with Crippen LogP contribution in [0.2, 0.25) is 0 Å². The molecule has 4 heteroatoms. The molecule has 1 aliphatic carbocycles. The highest BCUT2D eigenvalue weighted by Crippen LogP contribution is 2.24. The molecule has 0 unspecified atom stereocenters. The van der Waals surface area contributed by atoms with Gasteiger partial charge in [0.1, 0.15) is 0 Å². The Morgan fingerprint density at radius 3 is 2.37 bits per heavy atom. The summed E-state index contributed by atoms with van der Waals surface area (Å²) in [6, 6.07) is 0. The van der Waals surface area contributed by atoms with Gasteiger partial charge in [-0.1, -0.05) is 37.5 Å². The van der Waals surface area contributed by atoms with Gasteiger partial charge in [0.15, 0.2) is 0 Å². The number of rotatable bonds is 5. The van der Waals surface area contributed by atoms with E-state index in [2.05, 4.69) is 15.5 Å². The Hall–Kier alpha value is -1.58. The van der Waals surface area contributed by atoms with E-state index in [1.54, 1.807) is 6.08 Å². The molecule has 0 radical (unpaired) electrons. The first-order valence-electron chi connectivity index (χ1n) is 6.70. The van der Waals surface area contributed by atoms with E-state index >= 15 is 0 Å². The Morgan fingerprint density at radius 2 is 1.79 bits per heavy atom. The second kappa shape index (κ2) is 8.51. The van der Waals surface area contributed by atoms with Gasteiger partial charge in [-0.15, -0.1) is 0 Å². The van der Waals surface area contributed by atoms with Crippen molar-refractivity contribution in [3.8, 4) is 0 Å². The molecule has 1 saturated carbocycles. The zero-order chi connectivity index (χ0) is 14.1. The molecule has 1 aliphatic rings. The van der Waals surface area contributed by atoms with Gasteiger partial charge >= 0.3 is 11.9 Å². The molecule has 0 N–H and O–H groups in total. The number of ether oxygens (including phenoxy) is 2. The Labute approximate surface area is 114 Å². The van der Waals surface area contributed by atoms with Crippen LogP contribution in [0.25, 0.3) is 0 Å². The Balaban J connectivity index is 2.62. The second-order valence-electron chi connectivity index (χ2n) is 4.72. The van der Waals surface area contributed by atoms with Gasteiger partial charge in [0, 0.05) is 5.57 Å². The maximum Gasteiger partial charge on any atom is 0.334 e. The first-order chi connectivity index (χ1) is 9.17. The van der Waals surface area contributed by atoms with Crippen LogP contribution in [0.1, 0.15) is 38.5 Å². The van der Waals surface area contributed by atoms with Gasteiger partial charge in [0.05, 0.1) is 20.6 Å². The molecule has 0 bridgehead atoms. The highest BCUT2D eigenvalue weighted by Gasteiger charge is 2.14. The van der Waals surface area contributed by atoms with E-state index in [-0.39, 0.29) is 6.42 Å². The third kappa shape index (κ3) is 5.73. The topological polar surface area (TPSA) is 52.6 Å². The fraction of sp³-hybridized carbons (Fsp3) is 0.600. The standard InChI is InChI=1S/C15H22O4/c1-18-14(16)11-13(15(17)19-2)10-6-9-12-7-4-3-5-8-12/h6,9-10,12H,3-5,7-8,11H2,1-2H3/b9-6+,13-10+. The van der Waals surface area contributed by atoms with Gasteiger partial charge < -0.3 is 9.47 Å². The first-order valence-corrected chi connectivity index (χ1v) is 6.70. The summed E-state index contributed by atoms with van der Waals surface area (Å²) in [7, 11) is 2.60. The van der Waals surface area contributed by atoms with Crippen LogP contribution in [-0.4, -0.2) is 26.2 Å². The highest BCUT2D eigenvalue weighted by atomic mass is 16.5. The average Bonchev–Trinajstić information content (AvgIpc) is 2.46. The lowest BCUT2D eigenvalue weighted by atomic mass is 9.89. The minimum absolute atomic E-state index is 0.0574. The second-order valence-corrected chi connectivity index (χ2v) is 4.72. The van der Waals surface area contributed by atoms with E-state index in [0.29, 0.717) is 11.5 Å². The Kier molecular flexibility index (Phi) is 6.93. The summed E-state index contributed by atoms with van der Waals surface area (Å²) < 4.78 is 9.21. The molecule has 0 heterocycles. The smallest absolute Gasteiger partial charge is 0.334 e. The third-order valence-corrected chi connectivity index (χ3v) is 3.34. The van der Waals surface area contributed by atoms with Crippen molar-refractivity contribution in [3.05, 3.63) is 23.8 Å². The van der Waals surface area contributed by atoms with E-state index < -0.39 is 11.9 Å². The molecule has 0 spiro atoms. The van der Waals surface area contributed by atoms with E-state index in [4.69, 9.17) is 0 Å². The van der Waals surface area contributed by atoms with Crippen LogP contribution in [0.4, 0.5) is 0 Å².